The molecule has 0 radical (unpaired) electrons. The molecule has 18 heavy (non-hydrogen) atoms. The summed E-state index contributed by atoms with van der Waals surface area (Å²) in [7, 11) is 3.23. The van der Waals surface area contributed by atoms with Crippen LogP contribution in [0, 0.1) is 0 Å². The average molecular weight is 251 g/mol. The van der Waals surface area contributed by atoms with Gasteiger partial charge in [0, 0.05) is 20.6 Å². The van der Waals surface area contributed by atoms with Gasteiger partial charge in [-0.25, -0.2) is 0 Å². The third-order valence-corrected chi connectivity index (χ3v) is 3.23. The lowest BCUT2D eigenvalue weighted by molar-refractivity contribution is -0.124. The monoisotopic (exact) mass is 251 g/mol. The van der Waals surface area contributed by atoms with Crippen LogP contribution in [0.2, 0.25) is 0 Å². The molecule has 1 aromatic heterocycles. The maximum atomic E-state index is 12.4. The van der Waals surface area contributed by atoms with Crippen LogP contribution in [0.25, 0.3) is 0 Å². The Labute approximate surface area is 105 Å². The summed E-state index contributed by atoms with van der Waals surface area (Å²) in [4.78, 5) is 25.7. The SMILES string of the molecule is CNC(=O)C1CCCN1C(=O)c1c(N)cnn1C. The second-order valence-electron chi connectivity index (χ2n) is 4.34. The van der Waals surface area contributed by atoms with Crippen molar-refractivity contribution in [2.45, 2.75) is 18.9 Å². The molecule has 0 spiro atoms. The molecule has 98 valence electrons. The number of nitrogens with zero attached hydrogens (tertiary/aromatic N) is 3. The Morgan fingerprint density at radius 3 is 2.83 bits per heavy atom. The van der Waals surface area contributed by atoms with Crippen molar-refractivity contribution in [2.24, 2.45) is 7.05 Å². The molecular weight excluding hydrogens is 234 g/mol. The van der Waals surface area contributed by atoms with E-state index in [1.165, 1.54) is 10.9 Å². The minimum absolute atomic E-state index is 0.137. The van der Waals surface area contributed by atoms with Crippen molar-refractivity contribution in [3.05, 3.63) is 11.9 Å². The molecule has 2 heterocycles. The minimum atomic E-state index is -0.406. The van der Waals surface area contributed by atoms with E-state index in [1.54, 1.807) is 19.0 Å². The average Bonchev–Trinajstić information content (AvgIpc) is 2.95. The first-order chi connectivity index (χ1) is 8.56. The number of likely N-dealkylation sites (tertiary alicyclic amines) is 1. The highest BCUT2D eigenvalue weighted by Gasteiger charge is 2.35. The van der Waals surface area contributed by atoms with E-state index in [9.17, 15) is 9.59 Å². The van der Waals surface area contributed by atoms with E-state index >= 15 is 0 Å². The highest BCUT2D eigenvalue weighted by atomic mass is 16.2. The fraction of sp³-hybridized carbons (Fsp3) is 0.545. The lowest BCUT2D eigenvalue weighted by Crippen LogP contribution is -2.45. The third-order valence-electron chi connectivity index (χ3n) is 3.23. The van der Waals surface area contributed by atoms with Crippen molar-refractivity contribution >= 4 is 17.5 Å². The second kappa shape index (κ2) is 4.67. The van der Waals surface area contributed by atoms with Gasteiger partial charge in [0.05, 0.1) is 11.9 Å². The van der Waals surface area contributed by atoms with Crippen LogP contribution in [0.3, 0.4) is 0 Å². The summed E-state index contributed by atoms with van der Waals surface area (Å²) in [6.07, 6.45) is 2.95. The van der Waals surface area contributed by atoms with Gasteiger partial charge in [0.1, 0.15) is 11.7 Å². The van der Waals surface area contributed by atoms with Gasteiger partial charge in [-0.15, -0.1) is 0 Å². The van der Waals surface area contributed by atoms with E-state index in [0.29, 0.717) is 24.3 Å². The molecule has 7 nitrogen and oxygen atoms in total. The molecule has 1 aromatic rings. The van der Waals surface area contributed by atoms with Crippen LogP contribution >= 0.6 is 0 Å². The van der Waals surface area contributed by atoms with Crippen LogP contribution in [0.5, 0.6) is 0 Å². The fourth-order valence-corrected chi connectivity index (χ4v) is 2.30. The van der Waals surface area contributed by atoms with Gasteiger partial charge in [0.2, 0.25) is 5.91 Å². The molecule has 1 unspecified atom stereocenters. The number of carbonyl (C=O) groups is 2. The largest absolute Gasteiger partial charge is 0.396 e. The van der Waals surface area contributed by atoms with E-state index in [0.717, 1.165) is 6.42 Å². The van der Waals surface area contributed by atoms with Gasteiger partial charge in [-0.2, -0.15) is 5.10 Å². The number of nitrogens with one attached hydrogen (secondary N) is 1. The Hall–Kier alpha value is -2.05. The normalized spacial score (nSPS) is 19.0. The Bertz CT molecular complexity index is 462. The minimum Gasteiger partial charge on any atom is -0.396 e. The number of hydrogen-bond acceptors (Lipinski definition) is 4. The van der Waals surface area contributed by atoms with Crippen LogP contribution in [-0.4, -0.2) is 46.1 Å². The number of carbonyl (C=O) groups excluding carboxylic acids is 2. The van der Waals surface area contributed by atoms with Crippen molar-refractivity contribution in [3.8, 4) is 0 Å². The third kappa shape index (κ3) is 1.92. The zero-order chi connectivity index (χ0) is 13.3. The van der Waals surface area contributed by atoms with Gasteiger partial charge in [0.15, 0.2) is 0 Å². The maximum Gasteiger partial charge on any atom is 0.274 e. The van der Waals surface area contributed by atoms with E-state index < -0.39 is 6.04 Å². The van der Waals surface area contributed by atoms with Crippen molar-refractivity contribution in [3.63, 3.8) is 0 Å². The lowest BCUT2D eigenvalue weighted by atomic mass is 10.2. The quantitative estimate of drug-likeness (QED) is 0.730. The van der Waals surface area contributed by atoms with Gasteiger partial charge >= 0.3 is 0 Å². The zero-order valence-corrected chi connectivity index (χ0v) is 10.5. The molecule has 0 aliphatic carbocycles. The molecular formula is C11H17N5O2. The number of rotatable bonds is 2. The summed E-state index contributed by atoms with van der Waals surface area (Å²) in [5.74, 6) is -0.375. The van der Waals surface area contributed by atoms with Gasteiger partial charge < -0.3 is 16.0 Å². The Morgan fingerprint density at radius 2 is 2.28 bits per heavy atom. The Balaban J connectivity index is 2.26. The van der Waals surface area contributed by atoms with Gasteiger partial charge in [0.25, 0.3) is 5.91 Å². The van der Waals surface area contributed by atoms with E-state index in [1.807, 2.05) is 0 Å². The molecule has 3 N–H and O–H groups in total. The first kappa shape index (κ1) is 12.4. The van der Waals surface area contributed by atoms with E-state index in [-0.39, 0.29) is 11.8 Å². The van der Waals surface area contributed by atoms with Crippen LogP contribution in [0.1, 0.15) is 23.3 Å². The molecule has 1 saturated heterocycles. The molecule has 1 atom stereocenters. The molecule has 0 aromatic carbocycles. The smallest absolute Gasteiger partial charge is 0.274 e. The zero-order valence-electron chi connectivity index (χ0n) is 10.5. The Kier molecular flexibility index (Phi) is 3.22. The number of anilines is 1. The van der Waals surface area contributed by atoms with E-state index in [2.05, 4.69) is 10.4 Å². The van der Waals surface area contributed by atoms with Crippen LogP contribution < -0.4 is 11.1 Å². The van der Waals surface area contributed by atoms with Crippen molar-refractivity contribution in [1.29, 1.82) is 0 Å². The number of nitrogens with two attached hydrogens (primary N) is 1. The molecule has 7 heteroatoms. The molecule has 1 aliphatic rings. The molecule has 1 aliphatic heterocycles. The van der Waals surface area contributed by atoms with Gasteiger partial charge in [-0.1, -0.05) is 0 Å². The van der Waals surface area contributed by atoms with Crippen molar-refractivity contribution in [1.82, 2.24) is 20.0 Å². The predicted molar refractivity (Wildman–Crippen MR) is 65.7 cm³/mol. The van der Waals surface area contributed by atoms with Crippen molar-refractivity contribution < 1.29 is 9.59 Å². The molecule has 1 fully saturated rings. The standard InChI is InChI=1S/C11H17N5O2/c1-13-10(17)8-4-3-5-16(8)11(18)9-7(12)6-14-15(9)2/h6,8H,3-5,12H2,1-2H3,(H,13,17). The summed E-state index contributed by atoms with van der Waals surface area (Å²) in [6, 6.07) is -0.406. The fourth-order valence-electron chi connectivity index (χ4n) is 2.30. The number of likely N-dealkylation sites (N-methyl/N-ethyl adjacent to an activating group) is 1. The van der Waals surface area contributed by atoms with Crippen LogP contribution in [0.15, 0.2) is 6.20 Å². The van der Waals surface area contributed by atoms with Crippen LogP contribution in [-0.2, 0) is 11.8 Å². The molecule has 2 rings (SSSR count). The molecule has 2 amide bonds. The summed E-state index contributed by atoms with van der Waals surface area (Å²) in [5, 5.41) is 6.52. The number of nitrogen functional groups attached to an aromatic ring is 1. The summed E-state index contributed by atoms with van der Waals surface area (Å²) < 4.78 is 1.44. The predicted octanol–water partition coefficient (Wildman–Crippen LogP) is -0.647. The second-order valence-corrected chi connectivity index (χ2v) is 4.34. The van der Waals surface area contributed by atoms with Crippen LogP contribution in [0.4, 0.5) is 5.69 Å². The van der Waals surface area contributed by atoms with Crippen molar-refractivity contribution in [2.75, 3.05) is 19.3 Å². The summed E-state index contributed by atoms with van der Waals surface area (Å²) in [6.45, 7) is 0.571. The number of hydrogen-bond donors (Lipinski definition) is 2. The summed E-state index contributed by atoms with van der Waals surface area (Å²) in [5.41, 5.74) is 6.41. The molecule has 0 saturated carbocycles. The molecule has 0 bridgehead atoms. The van der Waals surface area contributed by atoms with Gasteiger partial charge in [-0.3, -0.25) is 14.3 Å². The topological polar surface area (TPSA) is 93.2 Å². The first-order valence-electron chi connectivity index (χ1n) is 5.86. The lowest BCUT2D eigenvalue weighted by Gasteiger charge is -2.23. The highest BCUT2D eigenvalue weighted by Crippen LogP contribution is 2.22. The summed E-state index contributed by atoms with van der Waals surface area (Å²) >= 11 is 0. The number of aromatic nitrogens is 2. The maximum absolute atomic E-state index is 12.4. The first-order valence-corrected chi connectivity index (χ1v) is 5.86. The number of amides is 2. The van der Waals surface area contributed by atoms with Gasteiger partial charge in [-0.05, 0) is 12.8 Å². The number of aryl methyl sites for hydroxylation is 1. The Morgan fingerprint density at radius 1 is 1.56 bits per heavy atom. The highest BCUT2D eigenvalue weighted by molar-refractivity contribution is 6.00. The van der Waals surface area contributed by atoms with E-state index in [4.69, 9.17) is 5.73 Å².